The Bertz CT molecular complexity index is 302. The highest BCUT2D eigenvalue weighted by atomic mass is 16.3. The van der Waals surface area contributed by atoms with E-state index in [-0.39, 0.29) is 12.1 Å². The fourth-order valence-corrected chi connectivity index (χ4v) is 1.57. The second-order valence-corrected chi connectivity index (χ2v) is 3.76. The summed E-state index contributed by atoms with van der Waals surface area (Å²) in [5, 5.41) is 12.4. The molecule has 2 rings (SSSR count). The average molecular weight is 194 g/mol. The van der Waals surface area contributed by atoms with Crippen LogP contribution in [-0.4, -0.2) is 27.2 Å². The molecule has 5 heteroatoms. The van der Waals surface area contributed by atoms with E-state index in [4.69, 9.17) is 5.73 Å². The third-order valence-corrected chi connectivity index (χ3v) is 2.66. The van der Waals surface area contributed by atoms with Gasteiger partial charge in [-0.05, 0) is 19.3 Å². The summed E-state index contributed by atoms with van der Waals surface area (Å²) in [4.78, 5) is 8.07. The zero-order valence-corrected chi connectivity index (χ0v) is 7.90. The van der Waals surface area contributed by atoms with Gasteiger partial charge in [0.1, 0.15) is 0 Å². The van der Waals surface area contributed by atoms with E-state index >= 15 is 0 Å². The van der Waals surface area contributed by atoms with Gasteiger partial charge in [-0.3, -0.25) is 0 Å². The minimum absolute atomic E-state index is 0.126. The van der Waals surface area contributed by atoms with Crippen LogP contribution in [0.15, 0.2) is 12.4 Å². The largest absolute Gasteiger partial charge is 0.396 e. The maximum atomic E-state index is 9.21. The monoisotopic (exact) mass is 194 g/mol. The molecule has 4 N–H and O–H groups in total. The van der Waals surface area contributed by atoms with Gasteiger partial charge in [0, 0.05) is 0 Å². The minimum Gasteiger partial charge on any atom is -0.396 e. The maximum Gasteiger partial charge on any atom is 0.223 e. The molecule has 5 nitrogen and oxygen atoms in total. The van der Waals surface area contributed by atoms with Crippen molar-refractivity contribution < 1.29 is 5.11 Å². The molecule has 0 unspecified atom stereocenters. The van der Waals surface area contributed by atoms with Crippen LogP contribution in [0.2, 0.25) is 0 Å². The number of nitrogens with two attached hydrogens (primary N) is 1. The van der Waals surface area contributed by atoms with Crippen LogP contribution in [0.5, 0.6) is 0 Å². The first-order valence-electron chi connectivity index (χ1n) is 4.71. The number of nitrogen functional groups attached to an aromatic ring is 1. The standard InChI is InChI=1S/C9H14N4O/c10-7-4-11-8(12-5-7)13-9(6-14)2-1-3-9/h4-5,14H,1-3,6,10H2,(H,11,12,13). The van der Waals surface area contributed by atoms with Gasteiger partial charge >= 0.3 is 0 Å². The number of aliphatic hydroxyl groups excluding tert-OH is 1. The van der Waals surface area contributed by atoms with Crippen LogP contribution in [-0.2, 0) is 0 Å². The van der Waals surface area contributed by atoms with E-state index in [1.165, 1.54) is 0 Å². The van der Waals surface area contributed by atoms with Crippen molar-refractivity contribution in [2.75, 3.05) is 17.7 Å². The summed E-state index contributed by atoms with van der Waals surface area (Å²) in [6, 6.07) is 0. The van der Waals surface area contributed by atoms with E-state index in [2.05, 4.69) is 15.3 Å². The fourth-order valence-electron chi connectivity index (χ4n) is 1.57. The Morgan fingerprint density at radius 2 is 2.07 bits per heavy atom. The van der Waals surface area contributed by atoms with E-state index in [1.54, 1.807) is 12.4 Å². The lowest BCUT2D eigenvalue weighted by Crippen LogP contribution is -2.48. The molecule has 0 radical (unpaired) electrons. The first-order chi connectivity index (χ1) is 6.74. The van der Waals surface area contributed by atoms with Gasteiger partial charge in [0.2, 0.25) is 5.95 Å². The van der Waals surface area contributed by atoms with Crippen molar-refractivity contribution >= 4 is 11.6 Å². The van der Waals surface area contributed by atoms with E-state index in [1.807, 2.05) is 0 Å². The van der Waals surface area contributed by atoms with Crippen LogP contribution in [0.3, 0.4) is 0 Å². The summed E-state index contributed by atoms with van der Waals surface area (Å²) < 4.78 is 0. The molecule has 0 amide bonds. The summed E-state index contributed by atoms with van der Waals surface area (Å²) in [6.07, 6.45) is 6.19. The molecule has 1 aromatic heterocycles. The number of hydrogen-bond donors (Lipinski definition) is 3. The van der Waals surface area contributed by atoms with E-state index in [0.29, 0.717) is 11.6 Å². The van der Waals surface area contributed by atoms with Crippen molar-refractivity contribution in [2.45, 2.75) is 24.8 Å². The van der Waals surface area contributed by atoms with Crippen molar-refractivity contribution in [1.29, 1.82) is 0 Å². The number of nitrogens with zero attached hydrogens (tertiary/aromatic N) is 2. The van der Waals surface area contributed by atoms with Gasteiger partial charge in [-0.2, -0.15) is 0 Å². The SMILES string of the molecule is Nc1cnc(NC2(CO)CCC2)nc1. The van der Waals surface area contributed by atoms with Crippen molar-refractivity contribution in [3.63, 3.8) is 0 Å². The zero-order chi connectivity index (χ0) is 10.0. The molecule has 0 aliphatic heterocycles. The van der Waals surface area contributed by atoms with Crippen LogP contribution in [0.25, 0.3) is 0 Å². The van der Waals surface area contributed by atoms with Gasteiger partial charge in [-0.15, -0.1) is 0 Å². The Morgan fingerprint density at radius 1 is 1.43 bits per heavy atom. The summed E-state index contributed by atoms with van der Waals surface area (Å²) in [5.41, 5.74) is 5.81. The van der Waals surface area contributed by atoms with E-state index < -0.39 is 0 Å². The average Bonchev–Trinajstić information content (AvgIpc) is 2.15. The predicted molar refractivity (Wildman–Crippen MR) is 53.7 cm³/mol. The number of anilines is 2. The number of nitrogens with one attached hydrogen (secondary N) is 1. The quantitative estimate of drug-likeness (QED) is 0.648. The number of rotatable bonds is 3. The highest BCUT2D eigenvalue weighted by molar-refractivity contribution is 5.38. The number of aliphatic hydroxyl groups is 1. The summed E-state index contributed by atoms with van der Waals surface area (Å²) in [7, 11) is 0. The lowest BCUT2D eigenvalue weighted by Gasteiger charge is -2.40. The third kappa shape index (κ3) is 1.63. The van der Waals surface area contributed by atoms with Gasteiger partial charge in [0.15, 0.2) is 0 Å². The molecular weight excluding hydrogens is 180 g/mol. The third-order valence-electron chi connectivity index (χ3n) is 2.66. The molecule has 0 saturated heterocycles. The van der Waals surface area contributed by atoms with Gasteiger partial charge in [-0.25, -0.2) is 9.97 Å². The van der Waals surface area contributed by atoms with Gasteiger partial charge in [0.25, 0.3) is 0 Å². The van der Waals surface area contributed by atoms with Crippen molar-refractivity contribution in [3.8, 4) is 0 Å². The molecule has 1 fully saturated rings. The molecule has 0 atom stereocenters. The molecule has 76 valence electrons. The molecule has 1 aromatic rings. The maximum absolute atomic E-state index is 9.21. The van der Waals surface area contributed by atoms with Crippen LogP contribution in [0.1, 0.15) is 19.3 Å². The molecule has 1 aliphatic rings. The second-order valence-electron chi connectivity index (χ2n) is 3.76. The Morgan fingerprint density at radius 3 is 2.50 bits per heavy atom. The summed E-state index contributed by atoms with van der Waals surface area (Å²) in [5.74, 6) is 0.535. The molecule has 14 heavy (non-hydrogen) atoms. The number of hydrogen-bond acceptors (Lipinski definition) is 5. The lowest BCUT2D eigenvalue weighted by molar-refractivity contribution is 0.143. The van der Waals surface area contributed by atoms with Gasteiger partial charge in [0.05, 0.1) is 30.2 Å². The first kappa shape index (κ1) is 9.21. The second kappa shape index (κ2) is 3.42. The molecular formula is C9H14N4O. The van der Waals surface area contributed by atoms with Crippen LogP contribution < -0.4 is 11.1 Å². The Kier molecular flexibility index (Phi) is 2.25. The molecule has 0 spiro atoms. The zero-order valence-electron chi connectivity index (χ0n) is 7.90. The van der Waals surface area contributed by atoms with E-state index in [9.17, 15) is 5.11 Å². The van der Waals surface area contributed by atoms with Gasteiger partial charge < -0.3 is 16.2 Å². The predicted octanol–water partition coefficient (Wildman–Crippen LogP) is 0.386. The lowest BCUT2D eigenvalue weighted by atomic mass is 9.77. The molecule has 0 bridgehead atoms. The van der Waals surface area contributed by atoms with Crippen molar-refractivity contribution in [3.05, 3.63) is 12.4 Å². The highest BCUT2D eigenvalue weighted by Crippen LogP contribution is 2.33. The molecule has 0 aromatic carbocycles. The van der Waals surface area contributed by atoms with Crippen LogP contribution in [0.4, 0.5) is 11.6 Å². The summed E-state index contributed by atoms with van der Waals surface area (Å²) in [6.45, 7) is 0.126. The molecule has 1 heterocycles. The van der Waals surface area contributed by atoms with Crippen molar-refractivity contribution in [1.82, 2.24) is 9.97 Å². The highest BCUT2D eigenvalue weighted by Gasteiger charge is 2.36. The first-order valence-corrected chi connectivity index (χ1v) is 4.71. The van der Waals surface area contributed by atoms with Crippen LogP contribution >= 0.6 is 0 Å². The Balaban J connectivity index is 2.06. The molecule has 1 aliphatic carbocycles. The smallest absolute Gasteiger partial charge is 0.223 e. The molecule has 1 saturated carbocycles. The Hall–Kier alpha value is -1.36. The van der Waals surface area contributed by atoms with Crippen molar-refractivity contribution in [2.24, 2.45) is 0 Å². The summed E-state index contributed by atoms with van der Waals surface area (Å²) >= 11 is 0. The minimum atomic E-state index is -0.198. The van der Waals surface area contributed by atoms with Gasteiger partial charge in [-0.1, -0.05) is 0 Å². The Labute approximate surface area is 82.4 Å². The van der Waals surface area contributed by atoms with Crippen LogP contribution in [0, 0.1) is 0 Å². The fraction of sp³-hybridized carbons (Fsp3) is 0.556. The topological polar surface area (TPSA) is 84.1 Å². The van der Waals surface area contributed by atoms with E-state index in [0.717, 1.165) is 19.3 Å². The normalized spacial score (nSPS) is 18.6. The number of aromatic nitrogens is 2.